The first-order valence-electron chi connectivity index (χ1n) is 5.09. The Kier molecular flexibility index (Phi) is 2.87. The summed E-state index contributed by atoms with van der Waals surface area (Å²) < 4.78 is 0. The molecule has 2 heterocycles. The van der Waals surface area contributed by atoms with Gasteiger partial charge >= 0.3 is 0 Å². The number of primary amides is 1. The predicted octanol–water partition coefficient (Wildman–Crippen LogP) is 0.587. The van der Waals surface area contributed by atoms with Crippen LogP contribution in [-0.4, -0.2) is 27.6 Å². The van der Waals surface area contributed by atoms with Crippen LogP contribution in [0.1, 0.15) is 22.5 Å². The summed E-state index contributed by atoms with van der Waals surface area (Å²) in [7, 11) is 0. The van der Waals surface area contributed by atoms with Crippen molar-refractivity contribution in [2.75, 3.05) is 6.61 Å². The van der Waals surface area contributed by atoms with Gasteiger partial charge in [0.05, 0.1) is 0 Å². The third kappa shape index (κ3) is 1.77. The number of aliphatic hydroxyl groups is 1. The van der Waals surface area contributed by atoms with Gasteiger partial charge in [-0.05, 0) is 24.5 Å². The average molecular weight is 219 g/mol. The number of nitrogens with one attached hydrogen (secondary N) is 1. The fourth-order valence-electron chi connectivity index (χ4n) is 1.80. The Labute approximate surface area is 92.3 Å². The van der Waals surface area contributed by atoms with Gasteiger partial charge in [-0.1, -0.05) is 0 Å². The van der Waals surface area contributed by atoms with Crippen molar-refractivity contribution in [3.8, 4) is 0 Å². The number of H-pyrrole nitrogens is 1. The number of aryl methyl sites for hydroxylation is 1. The van der Waals surface area contributed by atoms with Crippen LogP contribution < -0.4 is 5.73 Å². The Hall–Kier alpha value is -1.88. The molecule has 0 unspecified atom stereocenters. The van der Waals surface area contributed by atoms with E-state index in [-0.39, 0.29) is 12.3 Å². The first-order chi connectivity index (χ1) is 7.74. The zero-order chi connectivity index (χ0) is 11.5. The molecule has 0 bridgehead atoms. The summed E-state index contributed by atoms with van der Waals surface area (Å²) in [5.74, 6) is -0.532. The number of aromatic amines is 1. The molecule has 4 N–H and O–H groups in total. The second-order valence-electron chi connectivity index (χ2n) is 3.59. The third-order valence-electron chi connectivity index (χ3n) is 2.51. The molecule has 16 heavy (non-hydrogen) atoms. The number of nitrogens with zero attached hydrogens (tertiary/aromatic N) is 1. The molecule has 0 aromatic carbocycles. The van der Waals surface area contributed by atoms with Gasteiger partial charge in [0, 0.05) is 29.9 Å². The van der Waals surface area contributed by atoms with Gasteiger partial charge in [0.1, 0.15) is 5.69 Å². The van der Waals surface area contributed by atoms with Crippen molar-refractivity contribution in [2.45, 2.75) is 12.8 Å². The van der Waals surface area contributed by atoms with Crippen molar-refractivity contribution < 1.29 is 9.90 Å². The van der Waals surface area contributed by atoms with E-state index >= 15 is 0 Å². The van der Waals surface area contributed by atoms with Crippen LogP contribution in [-0.2, 0) is 6.42 Å². The van der Waals surface area contributed by atoms with Crippen molar-refractivity contribution in [2.24, 2.45) is 5.73 Å². The van der Waals surface area contributed by atoms with Crippen LogP contribution in [0.25, 0.3) is 10.9 Å². The molecule has 84 valence electrons. The standard InChI is InChI=1S/C11H13N3O2/c12-11(16)10-9-7(2-1-5-15)6-14-8(9)3-4-13-10/h3-4,6,14-15H,1-2,5H2,(H2,12,16). The Morgan fingerprint density at radius 1 is 1.56 bits per heavy atom. The van der Waals surface area contributed by atoms with Crippen LogP contribution >= 0.6 is 0 Å². The number of aliphatic hydroxyl groups excluding tert-OH is 1. The molecule has 0 saturated heterocycles. The molecule has 5 nitrogen and oxygen atoms in total. The quantitative estimate of drug-likeness (QED) is 0.702. The van der Waals surface area contributed by atoms with E-state index in [1.165, 1.54) is 0 Å². The van der Waals surface area contributed by atoms with Gasteiger partial charge in [-0.2, -0.15) is 0 Å². The van der Waals surface area contributed by atoms with Crippen LogP contribution in [0, 0.1) is 0 Å². The minimum absolute atomic E-state index is 0.124. The largest absolute Gasteiger partial charge is 0.396 e. The Balaban J connectivity index is 2.54. The van der Waals surface area contributed by atoms with E-state index in [1.54, 1.807) is 12.3 Å². The van der Waals surface area contributed by atoms with E-state index in [0.717, 1.165) is 16.5 Å². The zero-order valence-corrected chi connectivity index (χ0v) is 8.73. The highest BCUT2D eigenvalue weighted by Crippen LogP contribution is 2.21. The maximum absolute atomic E-state index is 11.2. The number of fused-ring (bicyclic) bond motifs is 1. The van der Waals surface area contributed by atoms with Crippen molar-refractivity contribution in [1.29, 1.82) is 0 Å². The highest BCUT2D eigenvalue weighted by molar-refractivity contribution is 6.05. The number of carbonyl (C=O) groups excluding carboxylic acids is 1. The minimum Gasteiger partial charge on any atom is -0.396 e. The molecule has 0 atom stereocenters. The maximum Gasteiger partial charge on any atom is 0.268 e. The topological polar surface area (TPSA) is 92.0 Å². The molecule has 1 amide bonds. The molecule has 0 fully saturated rings. The maximum atomic E-state index is 11.2. The van der Waals surface area contributed by atoms with E-state index in [2.05, 4.69) is 9.97 Å². The summed E-state index contributed by atoms with van der Waals surface area (Å²) in [4.78, 5) is 18.3. The summed E-state index contributed by atoms with van der Waals surface area (Å²) in [5, 5.41) is 9.57. The summed E-state index contributed by atoms with van der Waals surface area (Å²) in [6.07, 6.45) is 4.73. The first kappa shape index (κ1) is 10.6. The number of aromatic nitrogens is 2. The van der Waals surface area contributed by atoms with E-state index in [4.69, 9.17) is 10.8 Å². The molecule has 0 saturated carbocycles. The molecule has 5 heteroatoms. The molecule has 0 aliphatic rings. The highest BCUT2D eigenvalue weighted by Gasteiger charge is 2.13. The van der Waals surface area contributed by atoms with Crippen LogP contribution in [0.5, 0.6) is 0 Å². The number of pyridine rings is 1. The lowest BCUT2D eigenvalue weighted by atomic mass is 10.1. The molecular weight excluding hydrogens is 206 g/mol. The number of carbonyl (C=O) groups is 1. The normalized spacial score (nSPS) is 10.8. The zero-order valence-electron chi connectivity index (χ0n) is 8.73. The van der Waals surface area contributed by atoms with Crippen LogP contribution in [0.4, 0.5) is 0 Å². The molecule has 2 aromatic rings. The SMILES string of the molecule is NC(=O)c1nccc2[nH]cc(CCCO)c12. The molecular formula is C11H13N3O2. The predicted molar refractivity (Wildman–Crippen MR) is 60.0 cm³/mol. The van der Waals surface area contributed by atoms with E-state index in [1.807, 2.05) is 6.20 Å². The Bertz CT molecular complexity index is 519. The number of hydrogen-bond acceptors (Lipinski definition) is 3. The van der Waals surface area contributed by atoms with Crippen molar-refractivity contribution in [3.05, 3.63) is 29.7 Å². The molecule has 0 spiro atoms. The molecule has 0 radical (unpaired) electrons. The summed E-state index contributed by atoms with van der Waals surface area (Å²) in [6.45, 7) is 0.124. The fraction of sp³-hybridized carbons (Fsp3) is 0.273. The Morgan fingerprint density at radius 2 is 2.38 bits per heavy atom. The van der Waals surface area contributed by atoms with Gasteiger partial charge in [-0.15, -0.1) is 0 Å². The van der Waals surface area contributed by atoms with E-state index in [0.29, 0.717) is 12.8 Å². The monoisotopic (exact) mass is 219 g/mol. The highest BCUT2D eigenvalue weighted by atomic mass is 16.2. The third-order valence-corrected chi connectivity index (χ3v) is 2.51. The second kappa shape index (κ2) is 4.32. The van der Waals surface area contributed by atoms with Crippen LogP contribution in [0.3, 0.4) is 0 Å². The smallest absolute Gasteiger partial charge is 0.268 e. The lowest BCUT2D eigenvalue weighted by molar-refractivity contribution is 0.0997. The second-order valence-corrected chi connectivity index (χ2v) is 3.59. The lowest BCUT2D eigenvalue weighted by Crippen LogP contribution is -2.13. The van der Waals surface area contributed by atoms with E-state index in [9.17, 15) is 4.79 Å². The number of hydrogen-bond donors (Lipinski definition) is 3. The fourth-order valence-corrected chi connectivity index (χ4v) is 1.80. The van der Waals surface area contributed by atoms with Gasteiger partial charge in [-0.25, -0.2) is 0 Å². The summed E-state index contributed by atoms with van der Waals surface area (Å²) in [6, 6.07) is 1.80. The number of amides is 1. The molecule has 0 aliphatic heterocycles. The van der Waals surface area contributed by atoms with Gasteiger partial charge < -0.3 is 15.8 Å². The number of rotatable bonds is 4. The summed E-state index contributed by atoms with van der Waals surface area (Å²) >= 11 is 0. The molecule has 2 aromatic heterocycles. The Morgan fingerprint density at radius 3 is 3.06 bits per heavy atom. The van der Waals surface area contributed by atoms with Crippen LogP contribution in [0.15, 0.2) is 18.5 Å². The number of nitrogens with two attached hydrogens (primary N) is 1. The molecule has 2 rings (SSSR count). The van der Waals surface area contributed by atoms with Crippen molar-refractivity contribution in [1.82, 2.24) is 9.97 Å². The van der Waals surface area contributed by atoms with Gasteiger partial charge in [0.15, 0.2) is 0 Å². The summed E-state index contributed by atoms with van der Waals surface area (Å²) in [5.41, 5.74) is 7.36. The first-order valence-corrected chi connectivity index (χ1v) is 5.09. The van der Waals surface area contributed by atoms with Gasteiger partial charge in [0.2, 0.25) is 0 Å². The van der Waals surface area contributed by atoms with Gasteiger partial charge in [0.25, 0.3) is 5.91 Å². The molecule has 0 aliphatic carbocycles. The van der Waals surface area contributed by atoms with E-state index < -0.39 is 5.91 Å². The van der Waals surface area contributed by atoms with Gasteiger partial charge in [-0.3, -0.25) is 9.78 Å². The minimum atomic E-state index is -0.532. The van der Waals surface area contributed by atoms with Crippen molar-refractivity contribution in [3.63, 3.8) is 0 Å². The van der Waals surface area contributed by atoms with Crippen molar-refractivity contribution >= 4 is 16.8 Å². The average Bonchev–Trinajstić information content (AvgIpc) is 2.69. The lowest BCUT2D eigenvalue weighted by Gasteiger charge is -2.01. The van der Waals surface area contributed by atoms with Crippen LogP contribution in [0.2, 0.25) is 0 Å².